The minimum atomic E-state index is 0.300. The molecule has 1 aliphatic rings. The van der Waals surface area contributed by atoms with Crippen molar-refractivity contribution in [1.82, 2.24) is 0 Å². The average molecular weight is 234 g/mol. The molecule has 1 fully saturated rings. The van der Waals surface area contributed by atoms with Crippen LogP contribution in [0.2, 0.25) is 0 Å². The molecule has 1 atom stereocenters. The molecule has 1 aliphatic heterocycles. The minimum absolute atomic E-state index is 0.300. The molecule has 0 saturated carbocycles. The highest BCUT2D eigenvalue weighted by Crippen LogP contribution is 2.29. The van der Waals surface area contributed by atoms with Gasteiger partial charge in [0.1, 0.15) is 0 Å². The Morgan fingerprint density at radius 2 is 2.29 bits per heavy atom. The third kappa shape index (κ3) is 2.72. The van der Waals surface area contributed by atoms with E-state index in [4.69, 9.17) is 10.8 Å². The predicted molar refractivity (Wildman–Crippen MR) is 72.2 cm³/mol. The molecule has 1 saturated heterocycles. The standard InChI is InChI=1S/C14H22N2O/c1-11-13(15)5-2-6-14(11)16-8-3-4-12(10-16)7-9-17/h2,5-6,12,17H,3-4,7-10,15H2,1H3. The molecule has 17 heavy (non-hydrogen) atoms. The van der Waals surface area contributed by atoms with E-state index >= 15 is 0 Å². The molecule has 1 heterocycles. The Kier molecular flexibility index (Phi) is 3.89. The molecule has 3 heteroatoms. The van der Waals surface area contributed by atoms with Gasteiger partial charge in [-0.3, -0.25) is 0 Å². The van der Waals surface area contributed by atoms with E-state index in [0.29, 0.717) is 12.5 Å². The van der Waals surface area contributed by atoms with Crippen LogP contribution in [0.3, 0.4) is 0 Å². The summed E-state index contributed by atoms with van der Waals surface area (Å²) in [6, 6.07) is 6.12. The van der Waals surface area contributed by atoms with Crippen molar-refractivity contribution in [2.45, 2.75) is 26.2 Å². The van der Waals surface area contributed by atoms with Gasteiger partial charge in [-0.1, -0.05) is 6.07 Å². The second kappa shape index (κ2) is 5.41. The molecule has 3 N–H and O–H groups in total. The third-order valence-electron chi connectivity index (χ3n) is 3.74. The van der Waals surface area contributed by atoms with E-state index < -0.39 is 0 Å². The van der Waals surface area contributed by atoms with Gasteiger partial charge in [-0.25, -0.2) is 0 Å². The number of aliphatic hydroxyl groups excluding tert-OH is 1. The van der Waals surface area contributed by atoms with Crippen LogP contribution in [0.4, 0.5) is 11.4 Å². The van der Waals surface area contributed by atoms with Crippen molar-refractivity contribution in [2.75, 3.05) is 30.3 Å². The van der Waals surface area contributed by atoms with E-state index in [9.17, 15) is 0 Å². The number of hydrogen-bond acceptors (Lipinski definition) is 3. The first-order valence-corrected chi connectivity index (χ1v) is 6.43. The normalized spacial score (nSPS) is 20.6. The molecule has 0 amide bonds. The maximum absolute atomic E-state index is 9.04. The lowest BCUT2D eigenvalue weighted by Crippen LogP contribution is -2.36. The number of nitrogens with two attached hydrogens (primary N) is 1. The summed E-state index contributed by atoms with van der Waals surface area (Å²) >= 11 is 0. The zero-order valence-electron chi connectivity index (χ0n) is 10.5. The number of anilines is 2. The summed E-state index contributed by atoms with van der Waals surface area (Å²) in [5, 5.41) is 9.04. The Balaban J connectivity index is 2.13. The van der Waals surface area contributed by atoms with Gasteiger partial charge in [-0.05, 0) is 49.8 Å². The summed E-state index contributed by atoms with van der Waals surface area (Å²) in [5.74, 6) is 0.620. The van der Waals surface area contributed by atoms with Crippen LogP contribution < -0.4 is 10.6 Å². The molecule has 3 nitrogen and oxygen atoms in total. The summed E-state index contributed by atoms with van der Waals surface area (Å²) in [6.07, 6.45) is 3.36. The Morgan fingerprint density at radius 1 is 1.47 bits per heavy atom. The van der Waals surface area contributed by atoms with Crippen LogP contribution in [-0.2, 0) is 0 Å². The number of hydrogen-bond donors (Lipinski definition) is 2. The lowest BCUT2D eigenvalue weighted by atomic mass is 9.94. The van der Waals surface area contributed by atoms with Gasteiger partial charge in [0.05, 0.1) is 0 Å². The first-order chi connectivity index (χ1) is 8.22. The highest BCUT2D eigenvalue weighted by atomic mass is 16.3. The van der Waals surface area contributed by atoms with Crippen molar-refractivity contribution in [3.05, 3.63) is 23.8 Å². The summed E-state index contributed by atoms with van der Waals surface area (Å²) in [7, 11) is 0. The Hall–Kier alpha value is -1.22. The van der Waals surface area contributed by atoms with Crippen LogP contribution in [0.1, 0.15) is 24.8 Å². The van der Waals surface area contributed by atoms with E-state index in [1.165, 1.54) is 24.1 Å². The smallest absolute Gasteiger partial charge is 0.0434 e. The van der Waals surface area contributed by atoms with Gasteiger partial charge in [-0.2, -0.15) is 0 Å². The van der Waals surface area contributed by atoms with Crippen LogP contribution >= 0.6 is 0 Å². The van der Waals surface area contributed by atoms with Crippen LogP contribution in [-0.4, -0.2) is 24.8 Å². The summed E-state index contributed by atoms with van der Waals surface area (Å²) in [5.41, 5.74) is 9.26. The molecule has 0 bridgehead atoms. The summed E-state index contributed by atoms with van der Waals surface area (Å²) < 4.78 is 0. The van der Waals surface area contributed by atoms with Crippen LogP contribution in [0.25, 0.3) is 0 Å². The Bertz CT molecular complexity index is 376. The Labute approximate surface area is 103 Å². The number of benzene rings is 1. The van der Waals surface area contributed by atoms with Gasteiger partial charge >= 0.3 is 0 Å². The van der Waals surface area contributed by atoms with Gasteiger partial charge in [0.2, 0.25) is 0 Å². The maximum atomic E-state index is 9.04. The molecule has 1 aromatic rings. The second-order valence-corrected chi connectivity index (χ2v) is 4.96. The topological polar surface area (TPSA) is 49.5 Å². The largest absolute Gasteiger partial charge is 0.398 e. The zero-order chi connectivity index (χ0) is 12.3. The van der Waals surface area contributed by atoms with Crippen molar-refractivity contribution >= 4 is 11.4 Å². The Morgan fingerprint density at radius 3 is 3.06 bits per heavy atom. The number of piperidine rings is 1. The SMILES string of the molecule is Cc1c(N)cccc1N1CCCC(CCO)C1. The molecular weight excluding hydrogens is 212 g/mol. The van der Waals surface area contributed by atoms with Gasteiger partial charge in [-0.15, -0.1) is 0 Å². The van der Waals surface area contributed by atoms with Gasteiger partial charge in [0.15, 0.2) is 0 Å². The molecule has 94 valence electrons. The van der Waals surface area contributed by atoms with E-state index in [0.717, 1.165) is 25.2 Å². The first kappa shape index (κ1) is 12.2. The van der Waals surface area contributed by atoms with Crippen LogP contribution in [0.15, 0.2) is 18.2 Å². The quantitative estimate of drug-likeness (QED) is 0.788. The van der Waals surface area contributed by atoms with Gasteiger partial charge < -0.3 is 15.7 Å². The maximum Gasteiger partial charge on any atom is 0.0434 e. The molecule has 0 aliphatic carbocycles. The highest BCUT2D eigenvalue weighted by molar-refractivity contribution is 5.64. The van der Waals surface area contributed by atoms with Crippen molar-refractivity contribution < 1.29 is 5.11 Å². The minimum Gasteiger partial charge on any atom is -0.398 e. The monoisotopic (exact) mass is 234 g/mol. The summed E-state index contributed by atoms with van der Waals surface area (Å²) in [6.45, 7) is 4.53. The van der Waals surface area contributed by atoms with E-state index in [-0.39, 0.29) is 0 Å². The number of aliphatic hydroxyl groups is 1. The molecule has 0 aromatic heterocycles. The number of rotatable bonds is 3. The van der Waals surface area contributed by atoms with E-state index in [1.54, 1.807) is 0 Å². The van der Waals surface area contributed by atoms with Crippen LogP contribution in [0, 0.1) is 12.8 Å². The molecule has 0 spiro atoms. The first-order valence-electron chi connectivity index (χ1n) is 6.43. The van der Waals surface area contributed by atoms with Crippen molar-refractivity contribution in [3.63, 3.8) is 0 Å². The zero-order valence-corrected chi connectivity index (χ0v) is 10.5. The molecule has 1 unspecified atom stereocenters. The lowest BCUT2D eigenvalue weighted by molar-refractivity contribution is 0.244. The average Bonchev–Trinajstić information content (AvgIpc) is 2.33. The van der Waals surface area contributed by atoms with Gasteiger partial charge in [0, 0.05) is 31.1 Å². The van der Waals surface area contributed by atoms with Crippen molar-refractivity contribution in [1.29, 1.82) is 0 Å². The van der Waals surface area contributed by atoms with Gasteiger partial charge in [0.25, 0.3) is 0 Å². The fourth-order valence-electron chi connectivity index (χ4n) is 2.69. The molecule has 0 radical (unpaired) electrons. The third-order valence-corrected chi connectivity index (χ3v) is 3.74. The van der Waals surface area contributed by atoms with Crippen LogP contribution in [0.5, 0.6) is 0 Å². The molecule has 2 rings (SSSR count). The number of nitrogens with zero attached hydrogens (tertiary/aromatic N) is 1. The predicted octanol–water partition coefficient (Wildman–Crippen LogP) is 2.18. The second-order valence-electron chi connectivity index (χ2n) is 4.96. The highest BCUT2D eigenvalue weighted by Gasteiger charge is 2.20. The molecular formula is C14H22N2O. The fourth-order valence-corrected chi connectivity index (χ4v) is 2.69. The fraction of sp³-hybridized carbons (Fsp3) is 0.571. The van der Waals surface area contributed by atoms with Crippen molar-refractivity contribution in [2.24, 2.45) is 5.92 Å². The van der Waals surface area contributed by atoms with E-state index in [2.05, 4.69) is 17.9 Å². The van der Waals surface area contributed by atoms with E-state index in [1.807, 2.05) is 12.1 Å². The lowest BCUT2D eigenvalue weighted by Gasteiger charge is -2.35. The summed E-state index contributed by atoms with van der Waals surface area (Å²) in [4.78, 5) is 2.41. The molecule has 1 aromatic carbocycles. The van der Waals surface area contributed by atoms with Crippen molar-refractivity contribution in [3.8, 4) is 0 Å². The number of nitrogen functional groups attached to an aromatic ring is 1.